The normalized spacial score (nSPS) is 18.7. The maximum atomic E-state index is 5.30. The molecule has 3 rings (SSSR count). The van der Waals surface area contributed by atoms with Crippen molar-refractivity contribution >= 4 is 11.4 Å². The molecule has 0 radical (unpaired) electrons. The van der Waals surface area contributed by atoms with Crippen molar-refractivity contribution in [3.8, 4) is 0 Å². The molecule has 0 atom stereocenters. The molecule has 0 aromatic heterocycles. The smallest absolute Gasteiger partial charge is 0.118 e. The first-order chi connectivity index (χ1) is 12.8. The highest BCUT2D eigenvalue weighted by Crippen LogP contribution is 2.24. The summed E-state index contributed by atoms with van der Waals surface area (Å²) < 4.78 is 5.30. The van der Waals surface area contributed by atoms with Crippen LogP contribution in [0.25, 0.3) is 0 Å². The summed E-state index contributed by atoms with van der Waals surface area (Å²) in [5, 5.41) is 0. The molecule has 1 aliphatic carbocycles. The fraction of sp³-hybridized carbons (Fsp3) is 0.435. The van der Waals surface area contributed by atoms with Gasteiger partial charge in [-0.25, -0.2) is 0 Å². The lowest BCUT2D eigenvalue weighted by atomic mass is 10.1. The van der Waals surface area contributed by atoms with Gasteiger partial charge in [0.05, 0.1) is 13.7 Å². The van der Waals surface area contributed by atoms with Crippen LogP contribution in [0.5, 0.6) is 0 Å². The van der Waals surface area contributed by atoms with E-state index in [1.54, 1.807) is 7.11 Å². The third-order valence-corrected chi connectivity index (χ3v) is 5.14. The number of aliphatic imine (C=N–C) groups is 1. The lowest BCUT2D eigenvalue weighted by Gasteiger charge is -2.25. The summed E-state index contributed by atoms with van der Waals surface area (Å²) in [4.78, 5) is 7.45. The lowest BCUT2D eigenvalue weighted by molar-refractivity contribution is 0.307. The molecule has 1 aromatic carbocycles. The van der Waals surface area contributed by atoms with Crippen molar-refractivity contribution in [2.24, 2.45) is 4.99 Å². The van der Waals surface area contributed by atoms with E-state index in [9.17, 15) is 0 Å². The van der Waals surface area contributed by atoms with Crippen molar-refractivity contribution in [2.75, 3.05) is 31.6 Å². The average molecular weight is 351 g/mol. The molecule has 1 fully saturated rings. The molecule has 0 N–H and O–H groups in total. The van der Waals surface area contributed by atoms with Gasteiger partial charge in [0.15, 0.2) is 0 Å². The molecule has 2 aliphatic rings. The number of allylic oxidation sites excluding steroid dienone is 4. The minimum absolute atomic E-state index is 0.734. The summed E-state index contributed by atoms with van der Waals surface area (Å²) in [6, 6.07) is 8.73. The van der Waals surface area contributed by atoms with Gasteiger partial charge in [-0.2, -0.15) is 0 Å². The van der Waals surface area contributed by atoms with Gasteiger partial charge in [0, 0.05) is 30.1 Å². The third kappa shape index (κ3) is 4.87. The van der Waals surface area contributed by atoms with E-state index in [0.717, 1.165) is 37.5 Å². The predicted molar refractivity (Wildman–Crippen MR) is 111 cm³/mol. The van der Waals surface area contributed by atoms with Crippen molar-refractivity contribution in [3.63, 3.8) is 0 Å². The Morgan fingerprint density at radius 3 is 2.62 bits per heavy atom. The Labute approximate surface area is 157 Å². The van der Waals surface area contributed by atoms with Crippen LogP contribution in [-0.2, 0) is 4.74 Å². The Balaban J connectivity index is 1.76. The zero-order chi connectivity index (χ0) is 18.2. The van der Waals surface area contributed by atoms with Crippen molar-refractivity contribution < 1.29 is 4.74 Å². The van der Waals surface area contributed by atoms with Gasteiger partial charge in [-0.1, -0.05) is 43.2 Å². The van der Waals surface area contributed by atoms with Gasteiger partial charge in [0.2, 0.25) is 0 Å². The number of benzene rings is 1. The van der Waals surface area contributed by atoms with Gasteiger partial charge in [0.25, 0.3) is 0 Å². The Hall–Kier alpha value is -2.29. The van der Waals surface area contributed by atoms with Crippen LogP contribution in [0, 0.1) is 0 Å². The van der Waals surface area contributed by atoms with E-state index >= 15 is 0 Å². The first-order valence-corrected chi connectivity index (χ1v) is 9.73. The van der Waals surface area contributed by atoms with Crippen LogP contribution in [0.1, 0.15) is 44.6 Å². The summed E-state index contributed by atoms with van der Waals surface area (Å²) in [7, 11) is 1.71. The summed E-state index contributed by atoms with van der Waals surface area (Å²) in [5.41, 5.74) is 5.04. The van der Waals surface area contributed by atoms with Crippen LogP contribution >= 0.6 is 0 Å². The molecule has 1 heterocycles. The van der Waals surface area contributed by atoms with E-state index in [-0.39, 0.29) is 0 Å². The van der Waals surface area contributed by atoms with Crippen LogP contribution in [-0.4, -0.2) is 32.5 Å². The Bertz CT molecular complexity index is 719. The fourth-order valence-corrected chi connectivity index (χ4v) is 3.58. The van der Waals surface area contributed by atoms with Gasteiger partial charge >= 0.3 is 0 Å². The predicted octanol–water partition coefficient (Wildman–Crippen LogP) is 5.29. The van der Waals surface area contributed by atoms with Crippen molar-refractivity contribution in [3.05, 3.63) is 65.5 Å². The monoisotopic (exact) mass is 350 g/mol. The highest BCUT2D eigenvalue weighted by Gasteiger charge is 2.14. The summed E-state index contributed by atoms with van der Waals surface area (Å²) in [6.45, 7) is 5.19. The molecule has 0 bridgehead atoms. The zero-order valence-corrected chi connectivity index (χ0v) is 16.1. The Morgan fingerprint density at radius 2 is 1.85 bits per heavy atom. The van der Waals surface area contributed by atoms with E-state index in [4.69, 9.17) is 9.73 Å². The first-order valence-electron chi connectivity index (χ1n) is 9.73. The third-order valence-electron chi connectivity index (χ3n) is 5.14. The number of methoxy groups -OCH3 is 1. The standard InChI is InChI=1S/C23H30N2O/c1-19(24-18-20-10-9-11-21(26-2)15-14-20)22-12-5-6-13-23(22)25-16-7-3-4-8-17-25/h5-6,9,11-15H,3-4,7-8,10,16-18H2,1-2H3. The molecule has 0 amide bonds. The second-order valence-corrected chi connectivity index (χ2v) is 7.02. The first kappa shape index (κ1) is 18.5. The SMILES string of the molecule is COC1=CC=C(CN=C(C)c2ccccc2N2CCCCCC2)CC=C1. The van der Waals surface area contributed by atoms with Crippen molar-refractivity contribution in [1.29, 1.82) is 0 Å². The number of rotatable bonds is 5. The van der Waals surface area contributed by atoms with E-state index in [1.807, 2.05) is 12.2 Å². The van der Waals surface area contributed by atoms with E-state index in [1.165, 1.54) is 42.5 Å². The summed E-state index contributed by atoms with van der Waals surface area (Å²) in [5.74, 6) is 0.896. The topological polar surface area (TPSA) is 24.8 Å². The van der Waals surface area contributed by atoms with E-state index < -0.39 is 0 Å². The van der Waals surface area contributed by atoms with Crippen molar-refractivity contribution in [2.45, 2.75) is 39.0 Å². The number of hydrogen-bond acceptors (Lipinski definition) is 3. The van der Waals surface area contributed by atoms with Gasteiger partial charge in [0.1, 0.15) is 5.76 Å². The number of nitrogens with zero attached hydrogens (tertiary/aromatic N) is 2. The highest BCUT2D eigenvalue weighted by molar-refractivity contribution is 6.03. The average Bonchev–Trinajstić information content (AvgIpc) is 3.09. The van der Waals surface area contributed by atoms with Gasteiger partial charge in [-0.3, -0.25) is 4.99 Å². The second kappa shape index (κ2) is 9.42. The Kier molecular flexibility index (Phi) is 6.70. The van der Waals surface area contributed by atoms with Gasteiger partial charge < -0.3 is 9.64 Å². The molecule has 0 spiro atoms. The maximum Gasteiger partial charge on any atom is 0.118 e. The number of hydrogen-bond donors (Lipinski definition) is 0. The molecular weight excluding hydrogens is 320 g/mol. The summed E-state index contributed by atoms with van der Waals surface area (Å²) >= 11 is 0. The highest BCUT2D eigenvalue weighted by atomic mass is 16.5. The van der Waals surface area contributed by atoms with Gasteiger partial charge in [-0.15, -0.1) is 0 Å². The molecule has 138 valence electrons. The summed E-state index contributed by atoms with van der Waals surface area (Å²) in [6.07, 6.45) is 14.5. The minimum atomic E-state index is 0.734. The second-order valence-electron chi connectivity index (χ2n) is 7.02. The largest absolute Gasteiger partial charge is 0.497 e. The molecule has 3 heteroatoms. The number of ether oxygens (including phenoxy) is 1. The fourth-order valence-electron chi connectivity index (χ4n) is 3.58. The molecule has 1 saturated heterocycles. The quantitative estimate of drug-likeness (QED) is 0.674. The molecule has 1 aromatic rings. The molecule has 3 nitrogen and oxygen atoms in total. The number of para-hydroxylation sites is 1. The van der Waals surface area contributed by atoms with E-state index in [0.29, 0.717) is 0 Å². The van der Waals surface area contributed by atoms with E-state index in [2.05, 4.69) is 48.2 Å². The van der Waals surface area contributed by atoms with Crippen LogP contribution in [0.3, 0.4) is 0 Å². The molecule has 0 unspecified atom stereocenters. The number of anilines is 1. The maximum absolute atomic E-state index is 5.30. The van der Waals surface area contributed by atoms with Crippen LogP contribution in [0.2, 0.25) is 0 Å². The van der Waals surface area contributed by atoms with Crippen LogP contribution < -0.4 is 4.90 Å². The molecule has 1 aliphatic heterocycles. The molecular formula is C23H30N2O. The minimum Gasteiger partial charge on any atom is -0.497 e. The Morgan fingerprint density at radius 1 is 1.08 bits per heavy atom. The van der Waals surface area contributed by atoms with Crippen LogP contribution in [0.15, 0.2) is 64.9 Å². The van der Waals surface area contributed by atoms with Crippen molar-refractivity contribution in [1.82, 2.24) is 0 Å². The zero-order valence-electron chi connectivity index (χ0n) is 16.1. The molecule has 26 heavy (non-hydrogen) atoms. The lowest BCUT2D eigenvalue weighted by Crippen LogP contribution is -2.25. The van der Waals surface area contributed by atoms with Crippen LogP contribution in [0.4, 0.5) is 5.69 Å². The van der Waals surface area contributed by atoms with Gasteiger partial charge in [-0.05, 0) is 50.0 Å². The molecule has 0 saturated carbocycles.